The molecule has 0 unspecified atom stereocenters. The van der Waals surface area contributed by atoms with Crippen molar-refractivity contribution in [2.24, 2.45) is 9.98 Å². The summed E-state index contributed by atoms with van der Waals surface area (Å²) >= 11 is 0. The van der Waals surface area contributed by atoms with Crippen LogP contribution in [0.1, 0.15) is 34.2 Å². The molecular weight excluding hydrogens is 729 g/mol. The van der Waals surface area contributed by atoms with Crippen molar-refractivity contribution in [3.63, 3.8) is 0 Å². The van der Waals surface area contributed by atoms with Crippen LogP contribution >= 0.6 is 0 Å². The van der Waals surface area contributed by atoms with Crippen LogP contribution in [0.5, 0.6) is 0 Å². The van der Waals surface area contributed by atoms with E-state index in [-0.39, 0.29) is 0 Å². The van der Waals surface area contributed by atoms with Crippen molar-refractivity contribution in [2.75, 3.05) is 0 Å². The van der Waals surface area contributed by atoms with Crippen LogP contribution in [0.25, 0.3) is 82.9 Å². The number of hydrogen-bond acceptors (Lipinski definition) is 2. The van der Waals surface area contributed by atoms with E-state index in [0.29, 0.717) is 12.4 Å². The number of aliphatic imine (C=N–C) groups is 2. The highest BCUT2D eigenvalue weighted by atomic mass is 16.3. The SMILES string of the molecule is C1=Cc2c(c3ccccc3c3ccc(-c4ccc(C=NC(=NCc5ccccc5)c5ccccc5)c5c4oc4c(-c6ccccc6)cc(-c6ccccc6)cc45)cc23)CC1. The molecule has 0 spiro atoms. The minimum absolute atomic E-state index is 0.530. The van der Waals surface area contributed by atoms with E-state index in [9.17, 15) is 0 Å². The fourth-order valence-corrected chi connectivity index (χ4v) is 8.99. The summed E-state index contributed by atoms with van der Waals surface area (Å²) in [5, 5.41) is 7.26. The lowest BCUT2D eigenvalue weighted by atomic mass is 9.85. The topological polar surface area (TPSA) is 37.9 Å². The molecule has 60 heavy (non-hydrogen) atoms. The molecule has 1 aliphatic rings. The smallest absolute Gasteiger partial charge is 0.154 e. The van der Waals surface area contributed by atoms with Crippen molar-refractivity contribution >= 4 is 61.6 Å². The lowest BCUT2D eigenvalue weighted by Crippen LogP contribution is -2.00. The molecule has 284 valence electrons. The summed E-state index contributed by atoms with van der Waals surface area (Å²) in [4.78, 5) is 10.2. The van der Waals surface area contributed by atoms with Crippen LogP contribution in [0.3, 0.4) is 0 Å². The maximum Gasteiger partial charge on any atom is 0.154 e. The third-order valence-electron chi connectivity index (χ3n) is 11.9. The van der Waals surface area contributed by atoms with Gasteiger partial charge in [0.25, 0.3) is 0 Å². The highest BCUT2D eigenvalue weighted by molar-refractivity contribution is 6.21. The van der Waals surface area contributed by atoms with Crippen molar-refractivity contribution < 1.29 is 4.42 Å². The molecule has 0 atom stereocenters. The Morgan fingerprint density at radius 2 is 1.18 bits per heavy atom. The lowest BCUT2D eigenvalue weighted by molar-refractivity contribution is 0.671. The molecular formula is C57H40N2O. The van der Waals surface area contributed by atoms with Crippen LogP contribution in [0.4, 0.5) is 0 Å². The summed E-state index contributed by atoms with van der Waals surface area (Å²) in [6.07, 6.45) is 8.72. The normalized spacial score (nSPS) is 12.9. The van der Waals surface area contributed by atoms with Gasteiger partial charge in [-0.2, -0.15) is 0 Å². The second kappa shape index (κ2) is 15.3. The van der Waals surface area contributed by atoms with Gasteiger partial charge in [0.1, 0.15) is 11.2 Å². The number of furan rings is 1. The molecule has 1 heterocycles. The largest absolute Gasteiger partial charge is 0.455 e. The first-order valence-corrected chi connectivity index (χ1v) is 20.7. The lowest BCUT2D eigenvalue weighted by Gasteiger charge is -2.18. The van der Waals surface area contributed by atoms with Crippen molar-refractivity contribution in [1.29, 1.82) is 0 Å². The van der Waals surface area contributed by atoms with Gasteiger partial charge in [-0.25, -0.2) is 4.99 Å². The van der Waals surface area contributed by atoms with Gasteiger partial charge in [-0.1, -0.05) is 176 Å². The standard InChI is InChI=1S/C57H40N2O/c1-5-17-38(18-6-1)36-58-57(41-23-11-4-12-24-41)59-37-43-30-31-45(42-29-32-50-48-27-14-13-25-46(48)47-26-15-16-28-49(47)52(50)33-42)56-54(43)53-35-44(39-19-7-2-8-20-39)34-51(55(53)60-56)40-21-9-3-10-22-40/h1-14,16-25,27-35,37H,15,26,36H2. The second-order valence-corrected chi connectivity index (χ2v) is 15.5. The van der Waals surface area contributed by atoms with Gasteiger partial charge in [0.05, 0.1) is 6.54 Å². The monoisotopic (exact) mass is 768 g/mol. The van der Waals surface area contributed by atoms with Gasteiger partial charge in [-0.3, -0.25) is 4.99 Å². The van der Waals surface area contributed by atoms with E-state index in [1.807, 2.05) is 30.5 Å². The first-order valence-electron chi connectivity index (χ1n) is 20.7. The van der Waals surface area contributed by atoms with Gasteiger partial charge in [0, 0.05) is 39.2 Å². The molecule has 3 heteroatoms. The number of amidine groups is 1. The van der Waals surface area contributed by atoms with Gasteiger partial charge < -0.3 is 4.42 Å². The van der Waals surface area contributed by atoms with E-state index in [4.69, 9.17) is 14.4 Å². The highest BCUT2D eigenvalue weighted by Gasteiger charge is 2.22. The predicted molar refractivity (Wildman–Crippen MR) is 253 cm³/mol. The Hall–Kier alpha value is -7.62. The molecule has 0 fully saturated rings. The van der Waals surface area contributed by atoms with Crippen molar-refractivity contribution in [3.8, 4) is 33.4 Å². The van der Waals surface area contributed by atoms with Crippen molar-refractivity contribution in [3.05, 3.63) is 222 Å². The zero-order chi connectivity index (χ0) is 39.8. The Bertz CT molecular complexity index is 3310. The molecule has 0 saturated carbocycles. The number of benzene rings is 9. The Balaban J connectivity index is 1.17. The average molecular weight is 769 g/mol. The molecule has 0 radical (unpaired) electrons. The van der Waals surface area contributed by atoms with Gasteiger partial charge >= 0.3 is 0 Å². The zero-order valence-corrected chi connectivity index (χ0v) is 33.1. The Labute approximate surface area is 349 Å². The number of hydrogen-bond donors (Lipinski definition) is 0. The van der Waals surface area contributed by atoms with E-state index >= 15 is 0 Å². The maximum absolute atomic E-state index is 7.24. The predicted octanol–water partition coefficient (Wildman–Crippen LogP) is 14.9. The number of allylic oxidation sites excluding steroid dienone is 1. The third kappa shape index (κ3) is 6.42. The van der Waals surface area contributed by atoms with E-state index in [1.54, 1.807) is 0 Å². The fraction of sp³-hybridized carbons (Fsp3) is 0.0526. The first-order chi connectivity index (χ1) is 29.8. The summed E-state index contributed by atoms with van der Waals surface area (Å²) in [5.41, 5.74) is 14.1. The van der Waals surface area contributed by atoms with Gasteiger partial charge in [0.2, 0.25) is 0 Å². The van der Waals surface area contributed by atoms with Crippen LogP contribution in [0.15, 0.2) is 209 Å². The molecule has 1 aromatic heterocycles. The molecule has 0 bridgehead atoms. The van der Waals surface area contributed by atoms with E-state index in [1.165, 1.54) is 32.7 Å². The van der Waals surface area contributed by atoms with Crippen molar-refractivity contribution in [2.45, 2.75) is 19.4 Å². The Morgan fingerprint density at radius 3 is 1.97 bits per heavy atom. The van der Waals surface area contributed by atoms with E-state index in [0.717, 1.165) is 84.9 Å². The number of rotatable bonds is 7. The van der Waals surface area contributed by atoms with E-state index < -0.39 is 0 Å². The summed E-state index contributed by atoms with van der Waals surface area (Å²) in [5.74, 6) is 0.680. The molecule has 0 N–H and O–H groups in total. The first kappa shape index (κ1) is 35.5. The van der Waals surface area contributed by atoms with Crippen LogP contribution < -0.4 is 0 Å². The second-order valence-electron chi connectivity index (χ2n) is 15.5. The van der Waals surface area contributed by atoms with Crippen molar-refractivity contribution in [1.82, 2.24) is 0 Å². The molecule has 3 nitrogen and oxygen atoms in total. The summed E-state index contributed by atoms with van der Waals surface area (Å²) in [6, 6.07) is 66.6. The molecule has 11 rings (SSSR count). The van der Waals surface area contributed by atoms with Crippen LogP contribution in [-0.4, -0.2) is 12.1 Å². The molecule has 0 amide bonds. The fourth-order valence-electron chi connectivity index (χ4n) is 8.99. The average Bonchev–Trinajstić information content (AvgIpc) is 3.72. The minimum atomic E-state index is 0.530. The number of nitrogens with zero attached hydrogens (tertiary/aromatic N) is 2. The molecule has 1 aliphatic carbocycles. The Morgan fingerprint density at radius 1 is 0.517 bits per heavy atom. The number of fused-ring (bicyclic) bond motifs is 9. The van der Waals surface area contributed by atoms with Crippen LogP contribution in [0.2, 0.25) is 0 Å². The molecule has 0 aliphatic heterocycles. The maximum atomic E-state index is 7.24. The minimum Gasteiger partial charge on any atom is -0.455 e. The summed E-state index contributed by atoms with van der Waals surface area (Å²) < 4.78 is 7.24. The Kier molecular flexibility index (Phi) is 9.05. The van der Waals surface area contributed by atoms with Gasteiger partial charge in [0.15, 0.2) is 5.84 Å². The molecule has 9 aromatic carbocycles. The van der Waals surface area contributed by atoms with Gasteiger partial charge in [-0.15, -0.1) is 0 Å². The van der Waals surface area contributed by atoms with Gasteiger partial charge in [-0.05, 0) is 97.6 Å². The number of aryl methyl sites for hydroxylation is 1. The van der Waals surface area contributed by atoms with Crippen LogP contribution in [0, 0.1) is 0 Å². The highest BCUT2D eigenvalue weighted by Crippen LogP contribution is 2.45. The summed E-state index contributed by atoms with van der Waals surface area (Å²) in [7, 11) is 0. The summed E-state index contributed by atoms with van der Waals surface area (Å²) in [6.45, 7) is 0.530. The van der Waals surface area contributed by atoms with Crippen LogP contribution in [-0.2, 0) is 13.0 Å². The third-order valence-corrected chi connectivity index (χ3v) is 11.9. The quantitative estimate of drug-likeness (QED) is 0.0904. The molecule has 10 aromatic rings. The van der Waals surface area contributed by atoms with E-state index in [2.05, 4.69) is 176 Å². The zero-order valence-electron chi connectivity index (χ0n) is 33.1. The molecule has 0 saturated heterocycles.